The molecule has 0 unspecified atom stereocenters. The number of nitrogens with zero attached hydrogens (tertiary/aromatic N) is 4. The highest BCUT2D eigenvalue weighted by molar-refractivity contribution is 7.99. The molecule has 0 bridgehead atoms. The number of pyridine rings is 1. The van der Waals surface area contributed by atoms with Crippen LogP contribution in [0.15, 0.2) is 58.8 Å². The summed E-state index contributed by atoms with van der Waals surface area (Å²) in [7, 11) is 0. The number of aromatic nitrogens is 3. The third kappa shape index (κ3) is 3.83. The molecule has 2 fully saturated rings. The Labute approximate surface area is 192 Å². The van der Waals surface area contributed by atoms with Crippen molar-refractivity contribution < 1.29 is 0 Å². The maximum atomic E-state index is 6.60. The van der Waals surface area contributed by atoms with Crippen molar-refractivity contribution in [1.29, 1.82) is 0 Å². The van der Waals surface area contributed by atoms with Crippen molar-refractivity contribution in [3.8, 4) is 0 Å². The van der Waals surface area contributed by atoms with Gasteiger partial charge in [-0.25, -0.2) is 9.97 Å². The molecule has 6 heteroatoms. The highest BCUT2D eigenvalue weighted by atomic mass is 35.5. The molecule has 4 nitrogen and oxygen atoms in total. The molecule has 1 saturated carbocycles. The first-order chi connectivity index (χ1) is 15.2. The number of benzene rings is 1. The molecule has 6 rings (SSSR count). The largest absolute Gasteiger partial charge is 0.355 e. The van der Waals surface area contributed by atoms with Crippen LogP contribution in [0.5, 0.6) is 0 Å². The van der Waals surface area contributed by atoms with Gasteiger partial charge in [-0.1, -0.05) is 47.6 Å². The Kier molecular flexibility index (Phi) is 4.91. The van der Waals surface area contributed by atoms with E-state index in [2.05, 4.69) is 39.1 Å². The molecule has 2 aliphatic carbocycles. The van der Waals surface area contributed by atoms with Crippen LogP contribution in [0.1, 0.15) is 48.4 Å². The molecule has 1 saturated heterocycles. The van der Waals surface area contributed by atoms with Crippen molar-refractivity contribution in [2.75, 3.05) is 18.0 Å². The molecule has 3 heterocycles. The van der Waals surface area contributed by atoms with Crippen LogP contribution < -0.4 is 4.90 Å². The minimum Gasteiger partial charge on any atom is -0.355 e. The molecule has 158 valence electrons. The van der Waals surface area contributed by atoms with Crippen LogP contribution in [0.25, 0.3) is 0 Å². The van der Waals surface area contributed by atoms with E-state index in [1.165, 1.54) is 38.5 Å². The Bertz CT molecular complexity index is 1080. The first-order valence-corrected chi connectivity index (χ1v) is 12.3. The Morgan fingerprint density at radius 2 is 1.68 bits per heavy atom. The molecule has 3 aliphatic rings. The molecule has 0 radical (unpaired) electrons. The summed E-state index contributed by atoms with van der Waals surface area (Å²) < 4.78 is 0. The van der Waals surface area contributed by atoms with Gasteiger partial charge < -0.3 is 4.90 Å². The van der Waals surface area contributed by atoms with Crippen LogP contribution in [0.4, 0.5) is 5.82 Å². The normalized spacial score (nSPS) is 19.6. The Morgan fingerprint density at radius 1 is 0.935 bits per heavy atom. The number of fused-ring (bicyclic) bond motifs is 1. The van der Waals surface area contributed by atoms with Gasteiger partial charge in [0.1, 0.15) is 10.8 Å². The van der Waals surface area contributed by atoms with Gasteiger partial charge in [0, 0.05) is 30.1 Å². The fraction of sp³-hybridized carbons (Fsp3) is 0.400. The number of halogens is 1. The van der Waals surface area contributed by atoms with E-state index < -0.39 is 0 Å². The minimum atomic E-state index is 0.445. The van der Waals surface area contributed by atoms with E-state index in [1.807, 2.05) is 24.7 Å². The maximum Gasteiger partial charge on any atom is 0.147 e. The van der Waals surface area contributed by atoms with Crippen LogP contribution >= 0.6 is 23.4 Å². The van der Waals surface area contributed by atoms with Gasteiger partial charge in [0.15, 0.2) is 0 Å². The smallest absolute Gasteiger partial charge is 0.147 e. The maximum absolute atomic E-state index is 6.60. The van der Waals surface area contributed by atoms with Crippen molar-refractivity contribution in [2.45, 2.75) is 54.4 Å². The molecule has 3 aromatic rings. The summed E-state index contributed by atoms with van der Waals surface area (Å²) in [4.78, 5) is 17.3. The Balaban J connectivity index is 1.11. The molecular weight excluding hydrogens is 424 g/mol. The summed E-state index contributed by atoms with van der Waals surface area (Å²) in [6.07, 6.45) is 12.9. The molecule has 0 N–H and O–H groups in total. The lowest BCUT2D eigenvalue weighted by Crippen LogP contribution is -2.41. The zero-order valence-electron chi connectivity index (χ0n) is 17.4. The first-order valence-electron chi connectivity index (χ1n) is 11.2. The zero-order chi connectivity index (χ0) is 20.8. The van der Waals surface area contributed by atoms with Crippen molar-refractivity contribution in [3.63, 3.8) is 0 Å². The molecule has 0 amide bonds. The number of hydrogen-bond donors (Lipinski definition) is 0. The van der Waals surface area contributed by atoms with Crippen LogP contribution in [0, 0.1) is 5.41 Å². The summed E-state index contributed by atoms with van der Waals surface area (Å²) in [5.74, 6) is 1.52. The summed E-state index contributed by atoms with van der Waals surface area (Å²) in [5.41, 5.74) is 4.59. The van der Waals surface area contributed by atoms with E-state index in [4.69, 9.17) is 16.6 Å². The second-order valence-corrected chi connectivity index (χ2v) is 10.6. The van der Waals surface area contributed by atoms with Gasteiger partial charge in [-0.05, 0) is 61.1 Å². The highest BCUT2D eigenvalue weighted by Crippen LogP contribution is 2.46. The van der Waals surface area contributed by atoms with E-state index >= 15 is 0 Å². The van der Waals surface area contributed by atoms with Crippen LogP contribution in [-0.4, -0.2) is 28.0 Å². The van der Waals surface area contributed by atoms with Gasteiger partial charge in [-0.2, -0.15) is 0 Å². The standard InChI is InChI=1S/C25H25ClN4S/c26-23-20(7-10-27-24(23)17-5-6-17)31-22-16-28-21(15-29-22)30-11-8-25(9-12-30)13-18-3-1-2-4-19(18)14-25/h1-4,7,10,15-17H,5-6,8-9,11-14H2. The zero-order valence-corrected chi connectivity index (χ0v) is 19.0. The fourth-order valence-corrected chi connectivity index (χ4v) is 6.28. The second-order valence-electron chi connectivity index (χ2n) is 9.21. The lowest BCUT2D eigenvalue weighted by molar-refractivity contribution is 0.232. The third-order valence-corrected chi connectivity index (χ3v) is 8.56. The van der Waals surface area contributed by atoms with Crippen molar-refractivity contribution in [3.05, 3.63) is 70.8 Å². The molecular formula is C25H25ClN4S. The van der Waals surface area contributed by atoms with E-state index in [0.717, 1.165) is 39.5 Å². The lowest BCUT2D eigenvalue weighted by atomic mass is 9.76. The summed E-state index contributed by atoms with van der Waals surface area (Å²) in [6, 6.07) is 10.9. The monoisotopic (exact) mass is 448 g/mol. The van der Waals surface area contributed by atoms with Gasteiger partial charge in [0.2, 0.25) is 0 Å². The minimum absolute atomic E-state index is 0.445. The number of rotatable bonds is 4. The lowest BCUT2D eigenvalue weighted by Gasteiger charge is -2.39. The number of piperidine rings is 1. The molecule has 1 spiro atoms. The molecule has 1 aromatic carbocycles. The Hall–Kier alpha value is -2.11. The quantitative estimate of drug-likeness (QED) is 0.494. The SMILES string of the molecule is Clc1c(Sc2cnc(N3CCC4(CC3)Cc3ccccc3C4)cn2)ccnc1C1CC1. The fourth-order valence-electron chi connectivity index (χ4n) is 5.14. The molecule has 1 aliphatic heterocycles. The number of hydrogen-bond acceptors (Lipinski definition) is 5. The van der Waals surface area contributed by atoms with Gasteiger partial charge in [-0.3, -0.25) is 4.98 Å². The summed E-state index contributed by atoms with van der Waals surface area (Å²) >= 11 is 8.17. The van der Waals surface area contributed by atoms with E-state index in [0.29, 0.717) is 11.3 Å². The van der Waals surface area contributed by atoms with Gasteiger partial charge >= 0.3 is 0 Å². The predicted molar refractivity (Wildman–Crippen MR) is 125 cm³/mol. The number of anilines is 1. The van der Waals surface area contributed by atoms with Crippen LogP contribution in [0.3, 0.4) is 0 Å². The summed E-state index contributed by atoms with van der Waals surface area (Å²) in [6.45, 7) is 2.10. The summed E-state index contributed by atoms with van der Waals surface area (Å²) in [5, 5.41) is 1.65. The average molecular weight is 449 g/mol. The first kappa shape index (κ1) is 19.6. The predicted octanol–water partition coefficient (Wildman–Crippen LogP) is 5.94. The highest BCUT2D eigenvalue weighted by Gasteiger charge is 2.39. The van der Waals surface area contributed by atoms with Crippen molar-refractivity contribution >= 4 is 29.2 Å². The van der Waals surface area contributed by atoms with Gasteiger partial charge in [-0.15, -0.1) is 0 Å². The van der Waals surface area contributed by atoms with Crippen molar-refractivity contribution in [2.24, 2.45) is 5.41 Å². The molecule has 2 aromatic heterocycles. The molecule has 0 atom stereocenters. The van der Waals surface area contributed by atoms with E-state index in [-0.39, 0.29) is 0 Å². The molecule has 31 heavy (non-hydrogen) atoms. The van der Waals surface area contributed by atoms with E-state index in [1.54, 1.807) is 22.9 Å². The van der Waals surface area contributed by atoms with Gasteiger partial charge in [0.25, 0.3) is 0 Å². The average Bonchev–Trinajstić information content (AvgIpc) is 3.57. The van der Waals surface area contributed by atoms with Crippen molar-refractivity contribution in [1.82, 2.24) is 15.0 Å². The third-order valence-electron chi connectivity index (χ3n) is 7.07. The second kappa shape index (κ2) is 7.79. The van der Waals surface area contributed by atoms with E-state index in [9.17, 15) is 0 Å². The van der Waals surface area contributed by atoms with Crippen LogP contribution in [0.2, 0.25) is 5.02 Å². The van der Waals surface area contributed by atoms with Crippen LogP contribution in [-0.2, 0) is 12.8 Å². The topological polar surface area (TPSA) is 41.9 Å². The van der Waals surface area contributed by atoms with Gasteiger partial charge in [0.05, 0.1) is 23.1 Å². The Morgan fingerprint density at radius 3 is 2.32 bits per heavy atom.